The maximum absolute atomic E-state index is 12.0. The van der Waals surface area contributed by atoms with Gasteiger partial charge >= 0.3 is 0 Å². The van der Waals surface area contributed by atoms with Crippen molar-refractivity contribution in [3.8, 4) is 0 Å². The van der Waals surface area contributed by atoms with Crippen LogP contribution in [0.25, 0.3) is 0 Å². The van der Waals surface area contributed by atoms with Gasteiger partial charge in [-0.3, -0.25) is 9.36 Å². The normalized spacial score (nSPS) is 18.2. The van der Waals surface area contributed by atoms with Gasteiger partial charge in [0.15, 0.2) is 0 Å². The second-order valence-electron chi connectivity index (χ2n) is 4.56. The smallest absolute Gasteiger partial charge is 0.267 e. The maximum Gasteiger partial charge on any atom is 0.267 e. The summed E-state index contributed by atoms with van der Waals surface area (Å²) in [7, 11) is 0. The maximum atomic E-state index is 12.0. The molecule has 16 heavy (non-hydrogen) atoms. The lowest BCUT2D eigenvalue weighted by molar-refractivity contribution is 0.135. The van der Waals surface area contributed by atoms with Crippen LogP contribution in [0.4, 0.5) is 0 Å². The van der Waals surface area contributed by atoms with E-state index in [4.69, 9.17) is 0 Å². The molecule has 0 N–H and O–H groups in total. The van der Waals surface area contributed by atoms with Crippen molar-refractivity contribution in [2.45, 2.75) is 32.7 Å². The van der Waals surface area contributed by atoms with Gasteiger partial charge in [-0.25, -0.2) is 4.98 Å². The van der Waals surface area contributed by atoms with Gasteiger partial charge in [0.2, 0.25) is 0 Å². The van der Waals surface area contributed by atoms with Crippen molar-refractivity contribution in [1.82, 2.24) is 9.55 Å². The molecule has 5 heteroatoms. The zero-order chi connectivity index (χ0) is 11.8. The number of aryl methyl sites for hydroxylation is 1. The fourth-order valence-corrected chi connectivity index (χ4v) is 2.85. The molecule has 88 valence electrons. The summed E-state index contributed by atoms with van der Waals surface area (Å²) < 4.78 is 2.30. The quantitative estimate of drug-likeness (QED) is 0.870. The molecule has 0 bridgehead atoms. The van der Waals surface area contributed by atoms with E-state index < -0.39 is 0 Å². The molecule has 1 saturated carbocycles. The number of nitrogens with zero attached hydrogens (tertiary/aromatic N) is 2. The van der Waals surface area contributed by atoms with E-state index in [2.05, 4.69) is 33.5 Å². The van der Waals surface area contributed by atoms with Gasteiger partial charge in [0, 0.05) is 12.7 Å². The molecular formula is C11H15BrN2OS. The predicted molar refractivity (Wildman–Crippen MR) is 71.1 cm³/mol. The molecule has 0 aromatic carbocycles. The molecule has 0 unspecified atom stereocenters. The summed E-state index contributed by atoms with van der Waals surface area (Å²) in [6.45, 7) is 2.62. The van der Waals surface area contributed by atoms with Crippen LogP contribution >= 0.6 is 28.6 Å². The van der Waals surface area contributed by atoms with Crippen LogP contribution in [-0.4, -0.2) is 15.3 Å². The molecule has 0 aliphatic heterocycles. The summed E-state index contributed by atoms with van der Waals surface area (Å²) in [5.74, 6) is 1.62. The van der Waals surface area contributed by atoms with Crippen molar-refractivity contribution in [3.63, 3.8) is 0 Å². The Labute approximate surface area is 109 Å². The SMILES string of the molecule is Cc1ncc(Br)c(=O)n1CC1(CS)CCC1. The number of rotatable bonds is 3. The predicted octanol–water partition coefficient (Wildman–Crippen LogP) is 2.41. The molecular weight excluding hydrogens is 288 g/mol. The highest BCUT2D eigenvalue weighted by atomic mass is 79.9. The third-order valence-corrected chi connectivity index (χ3v) is 4.66. The van der Waals surface area contributed by atoms with E-state index in [0.717, 1.165) is 31.0 Å². The van der Waals surface area contributed by atoms with Crippen LogP contribution in [0.15, 0.2) is 15.5 Å². The summed E-state index contributed by atoms with van der Waals surface area (Å²) in [6.07, 6.45) is 5.14. The highest BCUT2D eigenvalue weighted by molar-refractivity contribution is 9.10. The number of aromatic nitrogens is 2. The van der Waals surface area contributed by atoms with E-state index in [0.29, 0.717) is 4.47 Å². The van der Waals surface area contributed by atoms with Crippen molar-refractivity contribution in [2.24, 2.45) is 5.41 Å². The van der Waals surface area contributed by atoms with E-state index in [1.165, 1.54) is 6.42 Å². The van der Waals surface area contributed by atoms with Crippen LogP contribution in [0, 0.1) is 12.3 Å². The number of hydrogen-bond acceptors (Lipinski definition) is 3. The summed E-state index contributed by atoms with van der Waals surface area (Å²) in [5.41, 5.74) is 0.223. The third kappa shape index (κ3) is 2.07. The van der Waals surface area contributed by atoms with Gasteiger partial charge in [0.25, 0.3) is 5.56 Å². The Morgan fingerprint density at radius 3 is 2.81 bits per heavy atom. The van der Waals surface area contributed by atoms with Crippen LogP contribution < -0.4 is 5.56 Å². The zero-order valence-corrected chi connectivity index (χ0v) is 11.7. The number of hydrogen-bond donors (Lipinski definition) is 1. The molecule has 1 heterocycles. The van der Waals surface area contributed by atoms with Crippen molar-refractivity contribution < 1.29 is 0 Å². The van der Waals surface area contributed by atoms with Gasteiger partial charge in [-0.15, -0.1) is 0 Å². The Morgan fingerprint density at radius 1 is 1.62 bits per heavy atom. The van der Waals surface area contributed by atoms with Crippen molar-refractivity contribution in [1.29, 1.82) is 0 Å². The topological polar surface area (TPSA) is 34.9 Å². The standard InChI is InChI=1S/C11H15BrN2OS/c1-8-13-5-9(12)10(15)14(8)6-11(7-16)3-2-4-11/h5,16H,2-4,6-7H2,1H3. The monoisotopic (exact) mass is 302 g/mol. The summed E-state index contributed by atoms with van der Waals surface area (Å²) in [5, 5.41) is 0. The molecule has 1 fully saturated rings. The minimum absolute atomic E-state index is 0.0144. The molecule has 0 atom stereocenters. The van der Waals surface area contributed by atoms with E-state index >= 15 is 0 Å². The van der Waals surface area contributed by atoms with Crippen LogP contribution in [-0.2, 0) is 6.54 Å². The highest BCUT2D eigenvalue weighted by Crippen LogP contribution is 2.43. The average Bonchev–Trinajstić information content (AvgIpc) is 2.22. The number of thiol groups is 1. The van der Waals surface area contributed by atoms with Gasteiger partial charge in [0.1, 0.15) is 10.3 Å². The fraction of sp³-hybridized carbons (Fsp3) is 0.636. The Balaban J connectivity index is 2.34. The van der Waals surface area contributed by atoms with Crippen molar-refractivity contribution in [2.75, 3.05) is 5.75 Å². The first-order valence-electron chi connectivity index (χ1n) is 5.41. The first kappa shape index (κ1) is 12.2. The van der Waals surface area contributed by atoms with Crippen molar-refractivity contribution in [3.05, 3.63) is 26.8 Å². The molecule has 0 radical (unpaired) electrons. The van der Waals surface area contributed by atoms with Gasteiger partial charge in [-0.1, -0.05) is 6.42 Å². The molecule has 0 amide bonds. The largest absolute Gasteiger partial charge is 0.295 e. The lowest BCUT2D eigenvalue weighted by Crippen LogP contribution is -2.40. The van der Waals surface area contributed by atoms with E-state index in [1.54, 1.807) is 10.8 Å². The summed E-state index contributed by atoms with van der Waals surface area (Å²) >= 11 is 7.64. The summed E-state index contributed by atoms with van der Waals surface area (Å²) in [6, 6.07) is 0. The molecule has 1 aliphatic rings. The Morgan fingerprint density at radius 2 is 2.31 bits per heavy atom. The van der Waals surface area contributed by atoms with E-state index in [-0.39, 0.29) is 11.0 Å². The fourth-order valence-electron chi connectivity index (χ4n) is 2.12. The van der Waals surface area contributed by atoms with Gasteiger partial charge in [-0.2, -0.15) is 12.6 Å². The lowest BCUT2D eigenvalue weighted by atomic mass is 9.70. The lowest BCUT2D eigenvalue weighted by Gasteiger charge is -2.41. The Hall–Kier alpha value is -0.290. The van der Waals surface area contributed by atoms with Crippen molar-refractivity contribution >= 4 is 28.6 Å². The molecule has 2 rings (SSSR count). The molecule has 1 aromatic rings. The molecule has 1 aliphatic carbocycles. The molecule has 3 nitrogen and oxygen atoms in total. The third-order valence-electron chi connectivity index (χ3n) is 3.45. The highest BCUT2D eigenvalue weighted by Gasteiger charge is 2.36. The van der Waals surface area contributed by atoms with E-state index in [9.17, 15) is 4.79 Å². The Bertz CT molecular complexity index is 448. The second-order valence-corrected chi connectivity index (χ2v) is 5.73. The van der Waals surface area contributed by atoms with Gasteiger partial charge in [0.05, 0.1) is 0 Å². The number of halogens is 1. The second kappa shape index (κ2) is 4.53. The van der Waals surface area contributed by atoms with E-state index in [1.807, 2.05) is 6.92 Å². The minimum Gasteiger partial charge on any atom is -0.295 e. The first-order chi connectivity index (χ1) is 7.58. The van der Waals surface area contributed by atoms with Gasteiger partial charge in [-0.05, 0) is 46.9 Å². The van der Waals surface area contributed by atoms with Crippen LogP contribution in [0.3, 0.4) is 0 Å². The minimum atomic E-state index is 0.0144. The zero-order valence-electron chi connectivity index (χ0n) is 9.24. The van der Waals surface area contributed by atoms with Gasteiger partial charge < -0.3 is 0 Å². The van der Waals surface area contributed by atoms with Crippen LogP contribution in [0.1, 0.15) is 25.1 Å². The van der Waals surface area contributed by atoms with Crippen LogP contribution in [0.2, 0.25) is 0 Å². The molecule has 0 saturated heterocycles. The Kier molecular flexibility index (Phi) is 3.45. The molecule has 1 aromatic heterocycles. The molecule has 0 spiro atoms. The van der Waals surface area contributed by atoms with Crippen LogP contribution in [0.5, 0.6) is 0 Å². The summed E-state index contributed by atoms with van der Waals surface area (Å²) in [4.78, 5) is 16.2. The first-order valence-corrected chi connectivity index (χ1v) is 6.83. The average molecular weight is 303 g/mol.